The normalized spacial score (nSPS) is 10.3. The molecule has 0 atom stereocenters. The Morgan fingerprint density at radius 3 is 2.75 bits per heavy atom. The van der Waals surface area contributed by atoms with Gasteiger partial charge in [-0.25, -0.2) is 0 Å². The summed E-state index contributed by atoms with van der Waals surface area (Å²) in [6.45, 7) is 3.93. The molecule has 2 aromatic carbocycles. The molecular formula is C16H17BrN2O. The molecule has 2 aromatic rings. The molecule has 0 aromatic heterocycles. The lowest BCUT2D eigenvalue weighted by Gasteiger charge is -2.11. The molecule has 0 unspecified atom stereocenters. The fourth-order valence-electron chi connectivity index (χ4n) is 2.00. The number of aryl methyl sites for hydroxylation is 1. The smallest absolute Gasteiger partial charge is 0.256 e. The first-order valence-corrected chi connectivity index (χ1v) is 7.26. The van der Waals surface area contributed by atoms with E-state index in [1.807, 2.05) is 31.2 Å². The first-order chi connectivity index (χ1) is 9.51. The number of hydrogen-bond donors (Lipinski definition) is 2. The Morgan fingerprint density at radius 2 is 2.05 bits per heavy atom. The number of benzene rings is 2. The van der Waals surface area contributed by atoms with Crippen LogP contribution in [-0.4, -0.2) is 5.91 Å². The molecule has 4 heteroatoms. The van der Waals surface area contributed by atoms with Gasteiger partial charge in [0.05, 0.1) is 0 Å². The highest BCUT2D eigenvalue weighted by molar-refractivity contribution is 9.10. The molecule has 0 heterocycles. The van der Waals surface area contributed by atoms with E-state index >= 15 is 0 Å². The van der Waals surface area contributed by atoms with Crippen molar-refractivity contribution in [3.05, 3.63) is 57.6 Å². The summed E-state index contributed by atoms with van der Waals surface area (Å²) >= 11 is 3.36. The number of hydrogen-bond acceptors (Lipinski definition) is 2. The second-order valence-electron chi connectivity index (χ2n) is 4.68. The SMILES string of the molecule is CCc1cccc(NC(=O)c2cc(Br)cc(N)c2C)c1. The van der Waals surface area contributed by atoms with Gasteiger partial charge in [0, 0.05) is 21.4 Å². The van der Waals surface area contributed by atoms with Crippen molar-refractivity contribution in [2.24, 2.45) is 0 Å². The average Bonchev–Trinajstić information content (AvgIpc) is 2.43. The second-order valence-corrected chi connectivity index (χ2v) is 5.59. The highest BCUT2D eigenvalue weighted by Crippen LogP contribution is 2.23. The lowest BCUT2D eigenvalue weighted by atomic mass is 10.1. The monoisotopic (exact) mass is 332 g/mol. The van der Waals surface area contributed by atoms with Crippen molar-refractivity contribution in [3.63, 3.8) is 0 Å². The number of nitrogen functional groups attached to an aromatic ring is 1. The third kappa shape index (κ3) is 3.20. The predicted octanol–water partition coefficient (Wildman–Crippen LogP) is 4.15. The predicted molar refractivity (Wildman–Crippen MR) is 87.1 cm³/mol. The Kier molecular flexibility index (Phi) is 4.45. The molecule has 0 aliphatic rings. The maximum Gasteiger partial charge on any atom is 0.256 e. The number of rotatable bonds is 3. The topological polar surface area (TPSA) is 55.1 Å². The maximum atomic E-state index is 12.4. The molecule has 0 saturated heterocycles. The van der Waals surface area contributed by atoms with Crippen LogP contribution in [-0.2, 0) is 6.42 Å². The van der Waals surface area contributed by atoms with Crippen molar-refractivity contribution in [2.75, 3.05) is 11.1 Å². The van der Waals surface area contributed by atoms with Crippen molar-refractivity contribution < 1.29 is 4.79 Å². The van der Waals surface area contributed by atoms with Gasteiger partial charge in [-0.3, -0.25) is 4.79 Å². The average molecular weight is 333 g/mol. The number of nitrogens with two attached hydrogens (primary N) is 1. The summed E-state index contributed by atoms with van der Waals surface area (Å²) in [6.07, 6.45) is 0.937. The molecule has 1 amide bonds. The van der Waals surface area contributed by atoms with Crippen LogP contribution >= 0.6 is 15.9 Å². The van der Waals surface area contributed by atoms with Gasteiger partial charge in [0.2, 0.25) is 0 Å². The molecule has 0 spiro atoms. The minimum absolute atomic E-state index is 0.149. The highest BCUT2D eigenvalue weighted by Gasteiger charge is 2.12. The van der Waals surface area contributed by atoms with Crippen LogP contribution in [0, 0.1) is 6.92 Å². The first-order valence-electron chi connectivity index (χ1n) is 6.47. The van der Waals surface area contributed by atoms with Gasteiger partial charge < -0.3 is 11.1 Å². The fraction of sp³-hybridized carbons (Fsp3) is 0.188. The van der Waals surface area contributed by atoms with Gasteiger partial charge in [-0.15, -0.1) is 0 Å². The Balaban J connectivity index is 2.28. The number of amides is 1. The van der Waals surface area contributed by atoms with Crippen LogP contribution in [0.1, 0.15) is 28.4 Å². The zero-order valence-electron chi connectivity index (χ0n) is 11.5. The zero-order chi connectivity index (χ0) is 14.7. The van der Waals surface area contributed by atoms with Gasteiger partial charge in [0.1, 0.15) is 0 Å². The van der Waals surface area contributed by atoms with E-state index in [9.17, 15) is 4.79 Å². The van der Waals surface area contributed by atoms with Crippen LogP contribution in [0.4, 0.5) is 11.4 Å². The molecule has 0 bridgehead atoms. The number of carbonyl (C=O) groups is 1. The van der Waals surface area contributed by atoms with E-state index in [-0.39, 0.29) is 5.91 Å². The highest BCUT2D eigenvalue weighted by atomic mass is 79.9. The van der Waals surface area contributed by atoms with E-state index in [4.69, 9.17) is 5.73 Å². The minimum Gasteiger partial charge on any atom is -0.398 e. The van der Waals surface area contributed by atoms with Crippen LogP contribution in [0.25, 0.3) is 0 Å². The van der Waals surface area contributed by atoms with Crippen LogP contribution in [0.3, 0.4) is 0 Å². The van der Waals surface area contributed by atoms with Crippen LogP contribution in [0.2, 0.25) is 0 Å². The lowest BCUT2D eigenvalue weighted by Crippen LogP contribution is -2.14. The second kappa shape index (κ2) is 6.09. The van der Waals surface area contributed by atoms with Gasteiger partial charge in [-0.1, -0.05) is 35.0 Å². The summed E-state index contributed by atoms with van der Waals surface area (Å²) in [5.74, 6) is -0.149. The van der Waals surface area contributed by atoms with E-state index in [1.54, 1.807) is 12.1 Å². The summed E-state index contributed by atoms with van der Waals surface area (Å²) in [5, 5.41) is 2.91. The molecular weight excluding hydrogens is 316 g/mol. The third-order valence-electron chi connectivity index (χ3n) is 3.25. The van der Waals surface area contributed by atoms with Gasteiger partial charge in [0.25, 0.3) is 5.91 Å². The number of nitrogens with one attached hydrogen (secondary N) is 1. The third-order valence-corrected chi connectivity index (χ3v) is 3.71. The van der Waals surface area contributed by atoms with Crippen molar-refractivity contribution in [2.45, 2.75) is 20.3 Å². The van der Waals surface area contributed by atoms with Crippen LogP contribution in [0.5, 0.6) is 0 Å². The van der Waals surface area contributed by atoms with Gasteiger partial charge >= 0.3 is 0 Å². The number of carbonyl (C=O) groups excluding carboxylic acids is 1. The molecule has 0 fully saturated rings. The molecule has 104 valence electrons. The van der Waals surface area contributed by atoms with E-state index in [2.05, 4.69) is 28.2 Å². The lowest BCUT2D eigenvalue weighted by molar-refractivity contribution is 0.102. The van der Waals surface area contributed by atoms with Crippen LogP contribution < -0.4 is 11.1 Å². The van der Waals surface area contributed by atoms with Gasteiger partial charge in [0.15, 0.2) is 0 Å². The maximum absolute atomic E-state index is 12.4. The standard InChI is InChI=1S/C16H17BrN2O/c1-3-11-5-4-6-13(7-11)19-16(20)14-8-12(17)9-15(18)10(14)2/h4-9H,3,18H2,1-2H3,(H,19,20). The Bertz CT molecular complexity index is 653. The molecule has 3 nitrogen and oxygen atoms in total. The summed E-state index contributed by atoms with van der Waals surface area (Å²) in [7, 11) is 0. The summed E-state index contributed by atoms with van der Waals surface area (Å²) < 4.78 is 0.799. The molecule has 0 aliphatic heterocycles. The molecule has 3 N–H and O–H groups in total. The van der Waals surface area contributed by atoms with Gasteiger partial charge in [-0.05, 0) is 48.7 Å². The number of halogens is 1. The fourth-order valence-corrected chi connectivity index (χ4v) is 2.48. The summed E-state index contributed by atoms with van der Waals surface area (Å²) in [5.41, 5.74) is 9.85. The summed E-state index contributed by atoms with van der Waals surface area (Å²) in [4.78, 5) is 12.4. The quantitative estimate of drug-likeness (QED) is 0.829. The van der Waals surface area contributed by atoms with Crippen molar-refractivity contribution in [1.82, 2.24) is 0 Å². The summed E-state index contributed by atoms with van der Waals surface area (Å²) in [6, 6.07) is 11.4. The molecule has 0 radical (unpaired) electrons. The largest absolute Gasteiger partial charge is 0.398 e. The molecule has 0 saturated carbocycles. The molecule has 20 heavy (non-hydrogen) atoms. The van der Waals surface area contributed by atoms with Crippen molar-refractivity contribution >= 4 is 33.2 Å². The van der Waals surface area contributed by atoms with E-state index in [1.165, 1.54) is 5.56 Å². The Morgan fingerprint density at radius 1 is 1.30 bits per heavy atom. The van der Waals surface area contributed by atoms with E-state index in [0.717, 1.165) is 22.1 Å². The Labute approximate surface area is 127 Å². The van der Waals surface area contributed by atoms with Crippen LogP contribution in [0.15, 0.2) is 40.9 Å². The van der Waals surface area contributed by atoms with E-state index < -0.39 is 0 Å². The zero-order valence-corrected chi connectivity index (χ0v) is 13.1. The molecule has 2 rings (SSSR count). The van der Waals surface area contributed by atoms with Crippen molar-refractivity contribution in [3.8, 4) is 0 Å². The first kappa shape index (κ1) is 14.6. The minimum atomic E-state index is -0.149. The molecule has 0 aliphatic carbocycles. The Hall–Kier alpha value is -1.81. The van der Waals surface area contributed by atoms with E-state index in [0.29, 0.717) is 11.3 Å². The van der Waals surface area contributed by atoms with Gasteiger partial charge in [-0.2, -0.15) is 0 Å². The van der Waals surface area contributed by atoms with Crippen molar-refractivity contribution in [1.29, 1.82) is 0 Å². The number of anilines is 2.